The third-order valence-corrected chi connectivity index (χ3v) is 6.81. The first-order chi connectivity index (χ1) is 16.1. The van der Waals surface area contributed by atoms with Crippen molar-refractivity contribution in [3.63, 3.8) is 0 Å². The van der Waals surface area contributed by atoms with Crippen LogP contribution in [0.5, 0.6) is 11.5 Å². The van der Waals surface area contributed by atoms with Crippen molar-refractivity contribution in [3.8, 4) is 11.5 Å². The van der Waals surface area contributed by atoms with Gasteiger partial charge in [-0.15, -0.1) is 0 Å². The molecular weight excluding hydrogens is 480 g/mol. The maximum Gasteiger partial charge on any atom is 0.226 e. The monoisotopic (exact) mass is 500 g/mol. The average molecular weight is 501 g/mol. The molecule has 6 rings (SSSR count). The molecule has 6 nitrogen and oxygen atoms in total. The van der Waals surface area contributed by atoms with Gasteiger partial charge in [-0.25, -0.2) is 4.68 Å². The van der Waals surface area contributed by atoms with Gasteiger partial charge >= 0.3 is 0 Å². The van der Waals surface area contributed by atoms with Crippen molar-refractivity contribution >= 4 is 27.6 Å². The summed E-state index contributed by atoms with van der Waals surface area (Å²) in [7, 11) is 1.67. The van der Waals surface area contributed by atoms with Crippen LogP contribution in [0.4, 0.5) is 5.95 Å². The van der Waals surface area contributed by atoms with Gasteiger partial charge in [-0.3, -0.25) is 0 Å². The van der Waals surface area contributed by atoms with E-state index < -0.39 is 0 Å². The molecule has 2 aliphatic rings. The van der Waals surface area contributed by atoms with Crippen LogP contribution in [0.25, 0.3) is 5.70 Å². The molecule has 0 unspecified atom stereocenters. The highest BCUT2D eigenvalue weighted by Gasteiger charge is 2.40. The van der Waals surface area contributed by atoms with Crippen LogP contribution in [0.3, 0.4) is 0 Å². The molecule has 3 heterocycles. The molecule has 0 spiro atoms. The highest BCUT2D eigenvalue weighted by molar-refractivity contribution is 9.10. The molecule has 2 atom stereocenters. The van der Waals surface area contributed by atoms with Crippen LogP contribution >= 0.6 is 15.9 Å². The molecule has 0 saturated carbocycles. The van der Waals surface area contributed by atoms with Crippen molar-refractivity contribution in [2.75, 3.05) is 12.4 Å². The second-order valence-corrected chi connectivity index (χ2v) is 9.04. The predicted octanol–water partition coefficient (Wildman–Crippen LogP) is 5.92. The first-order valence-corrected chi connectivity index (χ1v) is 11.5. The van der Waals surface area contributed by atoms with Gasteiger partial charge in [0, 0.05) is 11.1 Å². The SMILES string of the molecule is COc1ccc([C@H]2Oc3ccccc3C3=C2[C@@H](c2ccc(C)cc2)n2ncnc2N3)cc1Br. The van der Waals surface area contributed by atoms with E-state index in [1.165, 1.54) is 5.56 Å². The van der Waals surface area contributed by atoms with E-state index >= 15 is 0 Å². The first kappa shape index (κ1) is 20.1. The largest absolute Gasteiger partial charge is 0.496 e. The summed E-state index contributed by atoms with van der Waals surface area (Å²) < 4.78 is 14.9. The first-order valence-electron chi connectivity index (χ1n) is 10.7. The number of anilines is 1. The summed E-state index contributed by atoms with van der Waals surface area (Å²) in [6.07, 6.45) is 1.27. The molecule has 0 fully saturated rings. The lowest BCUT2D eigenvalue weighted by Crippen LogP contribution is -2.32. The molecule has 0 amide bonds. The van der Waals surface area contributed by atoms with Crippen LogP contribution in [0.1, 0.15) is 34.4 Å². The van der Waals surface area contributed by atoms with E-state index in [0.29, 0.717) is 5.95 Å². The molecule has 2 aliphatic heterocycles. The minimum absolute atomic E-state index is 0.168. The van der Waals surface area contributed by atoms with Gasteiger partial charge in [-0.2, -0.15) is 10.1 Å². The zero-order valence-corrected chi connectivity index (χ0v) is 19.7. The minimum atomic E-state index is -0.326. The zero-order valence-electron chi connectivity index (χ0n) is 18.1. The Bertz CT molecular complexity index is 1390. The van der Waals surface area contributed by atoms with Gasteiger partial charge in [0.15, 0.2) is 0 Å². The molecule has 33 heavy (non-hydrogen) atoms. The Kier molecular flexibility index (Phi) is 4.73. The van der Waals surface area contributed by atoms with Gasteiger partial charge in [0.05, 0.1) is 17.3 Å². The number of aromatic nitrogens is 3. The minimum Gasteiger partial charge on any atom is -0.496 e. The van der Waals surface area contributed by atoms with Crippen LogP contribution in [0.2, 0.25) is 0 Å². The summed E-state index contributed by atoms with van der Waals surface area (Å²) >= 11 is 3.64. The summed E-state index contributed by atoms with van der Waals surface area (Å²) in [5.41, 5.74) is 6.48. The Morgan fingerprint density at radius 3 is 2.61 bits per heavy atom. The van der Waals surface area contributed by atoms with Crippen molar-refractivity contribution in [1.29, 1.82) is 0 Å². The molecule has 3 aromatic carbocycles. The Morgan fingerprint density at radius 2 is 1.82 bits per heavy atom. The number of para-hydroxylation sites is 1. The summed E-state index contributed by atoms with van der Waals surface area (Å²) in [6, 6.07) is 22.6. The lowest BCUT2D eigenvalue weighted by molar-refractivity contribution is 0.223. The average Bonchev–Trinajstić information content (AvgIpc) is 3.31. The summed E-state index contributed by atoms with van der Waals surface area (Å²) in [5, 5.41) is 8.12. The molecule has 1 aromatic heterocycles. The number of fused-ring (bicyclic) bond motifs is 3. The maximum absolute atomic E-state index is 6.66. The fraction of sp³-hybridized carbons (Fsp3) is 0.154. The Hall–Kier alpha value is -3.58. The smallest absolute Gasteiger partial charge is 0.226 e. The predicted molar refractivity (Wildman–Crippen MR) is 130 cm³/mol. The van der Waals surface area contributed by atoms with Crippen LogP contribution < -0.4 is 14.8 Å². The van der Waals surface area contributed by atoms with E-state index in [-0.39, 0.29) is 12.1 Å². The van der Waals surface area contributed by atoms with E-state index in [2.05, 4.69) is 80.7 Å². The second-order valence-electron chi connectivity index (χ2n) is 8.18. The molecule has 0 bridgehead atoms. The van der Waals surface area contributed by atoms with Crippen LogP contribution in [0.15, 0.2) is 83.1 Å². The molecule has 7 heteroatoms. The highest BCUT2D eigenvalue weighted by atomic mass is 79.9. The Balaban J connectivity index is 1.61. The van der Waals surface area contributed by atoms with Gasteiger partial charge in [0.25, 0.3) is 0 Å². The molecule has 1 N–H and O–H groups in total. The van der Waals surface area contributed by atoms with Crippen LogP contribution in [-0.2, 0) is 0 Å². The quantitative estimate of drug-likeness (QED) is 0.378. The van der Waals surface area contributed by atoms with E-state index in [0.717, 1.165) is 43.9 Å². The third kappa shape index (κ3) is 3.23. The number of aryl methyl sites for hydroxylation is 1. The van der Waals surface area contributed by atoms with Crippen molar-refractivity contribution in [1.82, 2.24) is 14.8 Å². The third-order valence-electron chi connectivity index (χ3n) is 6.19. The van der Waals surface area contributed by atoms with Gasteiger partial charge < -0.3 is 14.8 Å². The number of benzene rings is 3. The van der Waals surface area contributed by atoms with E-state index in [9.17, 15) is 0 Å². The second kappa shape index (κ2) is 7.78. The number of halogens is 1. The molecule has 164 valence electrons. The number of ether oxygens (including phenoxy) is 2. The lowest BCUT2D eigenvalue weighted by Gasteiger charge is -2.39. The molecule has 4 aromatic rings. The van der Waals surface area contributed by atoms with Crippen LogP contribution in [0, 0.1) is 6.92 Å². The molecule has 0 radical (unpaired) electrons. The van der Waals surface area contributed by atoms with Gasteiger partial charge in [-0.05, 0) is 58.2 Å². The van der Waals surface area contributed by atoms with Crippen molar-refractivity contribution < 1.29 is 9.47 Å². The molecular formula is C26H21BrN4O2. The lowest BCUT2D eigenvalue weighted by atomic mass is 9.84. The van der Waals surface area contributed by atoms with Crippen molar-refractivity contribution in [2.45, 2.75) is 19.1 Å². The topological polar surface area (TPSA) is 61.2 Å². The Morgan fingerprint density at radius 1 is 1.03 bits per heavy atom. The fourth-order valence-electron chi connectivity index (χ4n) is 4.61. The number of methoxy groups -OCH3 is 1. The maximum atomic E-state index is 6.66. The van der Waals surface area contributed by atoms with E-state index in [1.807, 2.05) is 28.9 Å². The summed E-state index contributed by atoms with van der Waals surface area (Å²) in [5.74, 6) is 2.32. The summed E-state index contributed by atoms with van der Waals surface area (Å²) in [6.45, 7) is 2.09. The number of rotatable bonds is 3. The number of hydrogen-bond donors (Lipinski definition) is 1. The highest BCUT2D eigenvalue weighted by Crippen LogP contribution is 2.51. The number of nitrogens with one attached hydrogen (secondary N) is 1. The summed E-state index contributed by atoms with van der Waals surface area (Å²) in [4.78, 5) is 4.49. The van der Waals surface area contributed by atoms with E-state index in [4.69, 9.17) is 9.47 Å². The number of nitrogens with zero attached hydrogens (tertiary/aromatic N) is 3. The van der Waals surface area contributed by atoms with Gasteiger partial charge in [0.1, 0.15) is 30.0 Å². The van der Waals surface area contributed by atoms with Gasteiger partial charge in [0.2, 0.25) is 5.95 Å². The van der Waals surface area contributed by atoms with Crippen LogP contribution in [-0.4, -0.2) is 21.9 Å². The normalized spacial score (nSPS) is 18.5. The van der Waals surface area contributed by atoms with Crippen molar-refractivity contribution in [3.05, 3.63) is 105 Å². The van der Waals surface area contributed by atoms with Crippen molar-refractivity contribution in [2.24, 2.45) is 0 Å². The standard InChI is InChI=1S/C26H21BrN4O2/c1-15-7-9-16(10-8-15)24-22-23(30-26-28-14-29-31(24)26)18-5-3-4-6-20(18)33-25(22)17-11-12-21(32-2)19(27)13-17/h3-14,24-25H,1-2H3,(H,28,29,30)/t24-,25-/m1/s1. The van der Waals surface area contributed by atoms with Gasteiger partial charge in [-0.1, -0.05) is 48.0 Å². The van der Waals surface area contributed by atoms with E-state index in [1.54, 1.807) is 13.4 Å². The molecule has 0 saturated heterocycles. The zero-order chi connectivity index (χ0) is 22.5. The number of hydrogen-bond acceptors (Lipinski definition) is 5. The fourth-order valence-corrected chi connectivity index (χ4v) is 5.17. The molecule has 0 aliphatic carbocycles. The Labute approximate surface area is 200 Å².